The SMILES string of the molecule is CC(CO)C(C)Nc1cc(C(F)(F)F)ncc1[N+](=O)[O-]. The molecule has 0 aromatic carbocycles. The van der Waals surface area contributed by atoms with Crippen molar-refractivity contribution in [1.29, 1.82) is 0 Å². The zero-order valence-corrected chi connectivity index (χ0v) is 10.8. The van der Waals surface area contributed by atoms with Crippen molar-refractivity contribution in [3.63, 3.8) is 0 Å². The number of aliphatic hydroxyl groups is 1. The molecule has 0 saturated carbocycles. The molecule has 1 aromatic heterocycles. The molecule has 2 unspecified atom stereocenters. The van der Waals surface area contributed by atoms with Crippen molar-refractivity contribution in [2.24, 2.45) is 5.92 Å². The molecule has 6 nitrogen and oxygen atoms in total. The third-order valence-corrected chi connectivity index (χ3v) is 2.89. The number of alkyl halides is 3. The fourth-order valence-electron chi connectivity index (χ4n) is 1.41. The Morgan fingerprint density at radius 3 is 2.55 bits per heavy atom. The van der Waals surface area contributed by atoms with Gasteiger partial charge in [0.05, 0.1) is 4.92 Å². The van der Waals surface area contributed by atoms with Gasteiger partial charge in [-0.1, -0.05) is 6.92 Å². The molecule has 1 heterocycles. The number of nitro groups is 1. The van der Waals surface area contributed by atoms with Gasteiger partial charge in [0.2, 0.25) is 0 Å². The monoisotopic (exact) mass is 293 g/mol. The first-order valence-electron chi connectivity index (χ1n) is 5.75. The number of nitrogens with zero attached hydrogens (tertiary/aromatic N) is 2. The highest BCUT2D eigenvalue weighted by atomic mass is 19.4. The first-order chi connectivity index (χ1) is 9.16. The maximum atomic E-state index is 12.6. The second-order valence-corrected chi connectivity index (χ2v) is 4.43. The van der Waals surface area contributed by atoms with Gasteiger partial charge in [-0.2, -0.15) is 13.2 Å². The van der Waals surface area contributed by atoms with E-state index in [2.05, 4.69) is 10.3 Å². The van der Waals surface area contributed by atoms with Crippen LogP contribution < -0.4 is 5.32 Å². The fraction of sp³-hybridized carbons (Fsp3) is 0.545. The zero-order valence-electron chi connectivity index (χ0n) is 10.8. The molecule has 0 radical (unpaired) electrons. The predicted octanol–water partition coefficient (Wildman–Crippen LogP) is 2.44. The van der Waals surface area contributed by atoms with Gasteiger partial charge < -0.3 is 10.4 Å². The van der Waals surface area contributed by atoms with E-state index in [4.69, 9.17) is 5.11 Å². The molecule has 1 rings (SSSR count). The van der Waals surface area contributed by atoms with E-state index in [1.807, 2.05) is 0 Å². The number of hydrogen-bond donors (Lipinski definition) is 2. The standard InChI is InChI=1S/C11H14F3N3O3/c1-6(5-18)7(2)16-8-3-10(11(12,13)14)15-4-9(8)17(19)20/h3-4,6-7,18H,5H2,1-2H3,(H,15,16). The van der Waals surface area contributed by atoms with E-state index >= 15 is 0 Å². The van der Waals surface area contributed by atoms with Gasteiger partial charge in [-0.05, 0) is 18.9 Å². The number of anilines is 1. The van der Waals surface area contributed by atoms with Crippen molar-refractivity contribution in [2.45, 2.75) is 26.1 Å². The molecule has 0 aliphatic rings. The Balaban J connectivity index is 3.16. The summed E-state index contributed by atoms with van der Waals surface area (Å²) in [6.45, 7) is 3.08. The van der Waals surface area contributed by atoms with E-state index in [0.717, 1.165) is 0 Å². The number of hydrogen-bond acceptors (Lipinski definition) is 5. The minimum absolute atomic E-state index is 0.195. The van der Waals surface area contributed by atoms with Gasteiger partial charge in [-0.25, -0.2) is 4.98 Å². The van der Waals surface area contributed by atoms with E-state index in [-0.39, 0.29) is 18.2 Å². The van der Waals surface area contributed by atoms with E-state index in [0.29, 0.717) is 12.3 Å². The topological polar surface area (TPSA) is 88.3 Å². The summed E-state index contributed by atoms with van der Waals surface area (Å²) in [5, 5.41) is 22.4. The molecule has 20 heavy (non-hydrogen) atoms. The lowest BCUT2D eigenvalue weighted by atomic mass is 10.0. The maximum Gasteiger partial charge on any atom is 0.433 e. The largest absolute Gasteiger partial charge is 0.433 e. The number of aliphatic hydroxyl groups excluding tert-OH is 1. The molecule has 2 N–H and O–H groups in total. The molecule has 112 valence electrons. The first kappa shape index (κ1) is 16.2. The Morgan fingerprint density at radius 1 is 1.50 bits per heavy atom. The normalized spacial score (nSPS) is 14.7. The summed E-state index contributed by atoms with van der Waals surface area (Å²) in [5.74, 6) is -0.280. The number of rotatable bonds is 5. The van der Waals surface area contributed by atoms with Gasteiger partial charge in [-0.15, -0.1) is 0 Å². The van der Waals surface area contributed by atoms with Crippen molar-refractivity contribution in [3.8, 4) is 0 Å². The second kappa shape index (κ2) is 6.04. The van der Waals surface area contributed by atoms with E-state index in [9.17, 15) is 23.3 Å². The molecular weight excluding hydrogens is 279 g/mol. The molecule has 0 fully saturated rings. The average Bonchev–Trinajstić information content (AvgIpc) is 2.36. The number of aromatic nitrogens is 1. The van der Waals surface area contributed by atoms with Crippen LogP contribution in [0.1, 0.15) is 19.5 Å². The van der Waals surface area contributed by atoms with Gasteiger partial charge in [0.15, 0.2) is 0 Å². The van der Waals surface area contributed by atoms with E-state index in [1.54, 1.807) is 13.8 Å². The van der Waals surface area contributed by atoms with Gasteiger partial charge in [-0.3, -0.25) is 10.1 Å². The van der Waals surface area contributed by atoms with Crippen LogP contribution in [-0.2, 0) is 6.18 Å². The van der Waals surface area contributed by atoms with Crippen LogP contribution in [0.4, 0.5) is 24.5 Å². The third-order valence-electron chi connectivity index (χ3n) is 2.89. The van der Waals surface area contributed by atoms with Crippen LogP contribution in [-0.4, -0.2) is 27.7 Å². The van der Waals surface area contributed by atoms with Gasteiger partial charge in [0, 0.05) is 12.6 Å². The van der Waals surface area contributed by atoms with Crippen LogP contribution in [0.15, 0.2) is 12.3 Å². The van der Waals surface area contributed by atoms with Crippen molar-refractivity contribution in [1.82, 2.24) is 4.98 Å². The predicted molar refractivity (Wildman–Crippen MR) is 65.2 cm³/mol. The molecule has 0 bridgehead atoms. The smallest absolute Gasteiger partial charge is 0.396 e. The summed E-state index contributed by atoms with van der Waals surface area (Å²) in [5.41, 5.74) is -2.03. The molecule has 0 amide bonds. The summed E-state index contributed by atoms with van der Waals surface area (Å²) in [6, 6.07) is 0.154. The highest BCUT2D eigenvalue weighted by molar-refractivity contribution is 5.61. The first-order valence-corrected chi connectivity index (χ1v) is 5.75. The molecule has 0 aliphatic carbocycles. The van der Waals surface area contributed by atoms with Crippen molar-refractivity contribution < 1.29 is 23.2 Å². The minimum Gasteiger partial charge on any atom is -0.396 e. The van der Waals surface area contributed by atoms with Crippen LogP contribution in [0.3, 0.4) is 0 Å². The van der Waals surface area contributed by atoms with Gasteiger partial charge in [0.25, 0.3) is 0 Å². The highest BCUT2D eigenvalue weighted by Crippen LogP contribution is 2.33. The Morgan fingerprint density at radius 2 is 2.10 bits per heavy atom. The Labute approximate surface area is 112 Å². The lowest BCUT2D eigenvalue weighted by Crippen LogP contribution is -2.27. The Hall–Kier alpha value is -1.90. The maximum absolute atomic E-state index is 12.6. The molecule has 0 saturated heterocycles. The molecule has 2 atom stereocenters. The quantitative estimate of drug-likeness (QED) is 0.643. The molecular formula is C11H14F3N3O3. The number of pyridine rings is 1. The summed E-state index contributed by atoms with van der Waals surface area (Å²) in [4.78, 5) is 13.0. The van der Waals surface area contributed by atoms with Crippen molar-refractivity contribution in [2.75, 3.05) is 11.9 Å². The molecule has 9 heteroatoms. The van der Waals surface area contributed by atoms with Crippen LogP contribution >= 0.6 is 0 Å². The molecule has 0 spiro atoms. The highest BCUT2D eigenvalue weighted by Gasteiger charge is 2.34. The lowest BCUT2D eigenvalue weighted by molar-refractivity contribution is -0.384. The van der Waals surface area contributed by atoms with Crippen LogP contribution in [0, 0.1) is 16.0 Å². The van der Waals surface area contributed by atoms with E-state index in [1.165, 1.54) is 0 Å². The molecule has 0 aliphatic heterocycles. The Kier molecular flexibility index (Phi) is 4.88. The Bertz CT molecular complexity index is 494. The number of halogens is 3. The summed E-state index contributed by atoms with van der Waals surface area (Å²) in [7, 11) is 0. The van der Waals surface area contributed by atoms with Crippen LogP contribution in [0.5, 0.6) is 0 Å². The third kappa shape index (κ3) is 3.80. The average molecular weight is 293 g/mol. The molecule has 1 aromatic rings. The zero-order chi connectivity index (χ0) is 15.5. The summed E-state index contributed by atoms with van der Waals surface area (Å²) < 4.78 is 37.7. The van der Waals surface area contributed by atoms with E-state index < -0.39 is 28.5 Å². The van der Waals surface area contributed by atoms with Crippen LogP contribution in [0.2, 0.25) is 0 Å². The van der Waals surface area contributed by atoms with Gasteiger partial charge >= 0.3 is 11.9 Å². The number of nitrogens with one attached hydrogen (secondary N) is 1. The minimum atomic E-state index is -4.68. The summed E-state index contributed by atoms with van der Waals surface area (Å²) in [6.07, 6.45) is -4.11. The lowest BCUT2D eigenvalue weighted by Gasteiger charge is -2.20. The second-order valence-electron chi connectivity index (χ2n) is 4.43. The van der Waals surface area contributed by atoms with Crippen LogP contribution in [0.25, 0.3) is 0 Å². The fourth-order valence-corrected chi connectivity index (χ4v) is 1.41. The summed E-state index contributed by atoms with van der Waals surface area (Å²) >= 11 is 0. The van der Waals surface area contributed by atoms with Crippen molar-refractivity contribution >= 4 is 11.4 Å². The van der Waals surface area contributed by atoms with Gasteiger partial charge in [0.1, 0.15) is 17.6 Å². The van der Waals surface area contributed by atoms with Crippen molar-refractivity contribution in [3.05, 3.63) is 28.1 Å².